The first-order valence-corrected chi connectivity index (χ1v) is 33.2. The molecule has 0 N–H and O–H groups in total. The van der Waals surface area contributed by atoms with E-state index in [1.54, 1.807) is 0 Å². The normalized spacial score (nSPS) is 24.2. The number of alkyl halides is 2. The summed E-state index contributed by atoms with van der Waals surface area (Å²) >= 11 is -0.141. The minimum absolute atomic E-state index is 0. The molecule has 0 amide bonds. The molecular formula is C66H85ClF4I2NaO9S-. The Morgan fingerprint density at radius 3 is 1.02 bits per heavy atom. The van der Waals surface area contributed by atoms with Gasteiger partial charge in [0.05, 0.1) is 0 Å². The van der Waals surface area contributed by atoms with E-state index in [9.17, 15) is 36.7 Å². The molecule has 8 fully saturated rings. The molecule has 0 heterocycles. The van der Waals surface area contributed by atoms with Crippen LogP contribution in [0.2, 0.25) is 0 Å². The van der Waals surface area contributed by atoms with Crippen molar-refractivity contribution in [2.75, 3.05) is 0 Å². The smallest absolute Gasteiger partial charge is 1.00 e. The van der Waals surface area contributed by atoms with Gasteiger partial charge in [-0.05, 0) is 122 Å². The van der Waals surface area contributed by atoms with E-state index in [4.69, 9.17) is 22.1 Å². The standard InChI is InChI=1S/2C20H26I.C13H16F2O3.C12H13F2O3.CH4.ClH.Na.O3S/c2*1-19(2,3)15-7-11-17(12-8-15)21-18-13-9-16(10-14-18)20(4,5)6;1-12(14,15)11(17)18-13-4-7-2-8(5-13)10(16)9(3-7)6-13;13-10(14)11(16)17-12-3-6-1-7(4-12)9(15)8(2-6)5-12;;;;1-4(2)3/h2*7-14H,1-6H3;7-9H,2-6H2,1H3;6-8H,1-5H2;1H4;1H;;/q-1;+1;;-1;;;+1;/p-1. The predicted molar refractivity (Wildman–Crippen MR) is 303 cm³/mol. The SMILES string of the molecule is C.CC(C)(C)c1ccc([I+]c2ccc(C(C)(C)C)cc2)cc1.CC(C)(C)c1ccc([I-]c2ccc(C(C)(C)C)cc2)cc1.CC(F)(F)C(=O)OC12CC3CC(C1)C(=O)C(C3)C2.O=C(OC12CC3CC(C1)C(=O)C(C3)C2)[C-](F)F.O=S(=O)=O.[Cl-].[Na+]. The Morgan fingerprint density at radius 1 is 0.512 bits per heavy atom. The maximum atomic E-state index is 12.9. The molecule has 460 valence electrons. The number of halogens is 7. The molecule has 8 aliphatic carbocycles. The Morgan fingerprint density at radius 2 is 0.774 bits per heavy atom. The fraction of sp³-hybridized carbons (Fsp3) is 0.561. The molecular weight excluding hydrogens is 1360 g/mol. The Balaban J connectivity index is 0.000000284. The van der Waals surface area contributed by atoms with E-state index in [0.717, 1.165) is 25.7 Å². The average Bonchev–Trinajstić information content (AvgIpc) is 1.20. The number of rotatable bonds is 8. The molecule has 4 atom stereocenters. The van der Waals surface area contributed by atoms with E-state index >= 15 is 0 Å². The number of hydrogen-bond acceptors (Lipinski definition) is 9. The number of esters is 2. The number of ether oxygens (including phenoxy) is 2. The molecule has 18 heteroatoms. The fourth-order valence-electron chi connectivity index (χ4n) is 12.4. The van der Waals surface area contributed by atoms with Crippen LogP contribution in [0.15, 0.2) is 97.1 Å². The van der Waals surface area contributed by atoms with Crippen molar-refractivity contribution in [1.29, 1.82) is 0 Å². The second kappa shape index (κ2) is 30.1. The molecule has 0 radical (unpaired) electrons. The largest absolute Gasteiger partial charge is 1.00 e. The van der Waals surface area contributed by atoms with E-state index in [0.29, 0.717) is 57.3 Å². The molecule has 4 unspecified atom stereocenters. The minimum Gasteiger partial charge on any atom is -1.00 e. The van der Waals surface area contributed by atoms with Crippen molar-refractivity contribution in [2.45, 2.75) is 200 Å². The zero-order chi connectivity index (χ0) is 60.3. The molecule has 9 nitrogen and oxygen atoms in total. The Hall–Kier alpha value is -2.88. The number of carbonyl (C=O) groups excluding carboxylic acids is 4. The second-order valence-corrected chi connectivity index (χ2v) is 33.7. The molecule has 4 aromatic carbocycles. The van der Waals surface area contributed by atoms with Crippen LogP contribution in [0.4, 0.5) is 17.6 Å². The van der Waals surface area contributed by atoms with Crippen LogP contribution in [0.25, 0.3) is 0 Å². The van der Waals surface area contributed by atoms with Crippen molar-refractivity contribution in [2.24, 2.45) is 35.5 Å². The molecule has 0 aromatic heterocycles. The first kappa shape index (κ1) is 75.4. The summed E-state index contributed by atoms with van der Waals surface area (Å²) in [7, 11) is -3.11. The van der Waals surface area contributed by atoms with Crippen LogP contribution in [0.5, 0.6) is 0 Å². The third-order valence-electron chi connectivity index (χ3n) is 16.3. The van der Waals surface area contributed by atoms with Crippen molar-refractivity contribution in [1.82, 2.24) is 0 Å². The average molecular weight is 1440 g/mol. The fourth-order valence-corrected chi connectivity index (χ4v) is 16.7. The monoisotopic (exact) mass is 1440 g/mol. The summed E-state index contributed by atoms with van der Waals surface area (Å²) in [6, 6.07) is 36.8. The predicted octanol–water partition coefficient (Wildman–Crippen LogP) is 2.90. The maximum absolute atomic E-state index is 12.9. The van der Waals surface area contributed by atoms with Gasteiger partial charge in [-0.3, -0.25) is 14.4 Å². The van der Waals surface area contributed by atoms with Crippen LogP contribution in [-0.4, -0.2) is 53.3 Å². The van der Waals surface area contributed by atoms with E-state index in [1.165, 1.54) is 36.5 Å². The topological polar surface area (TPSA) is 138 Å². The Labute approximate surface area is 548 Å². The van der Waals surface area contributed by atoms with E-state index in [1.807, 2.05) is 0 Å². The summed E-state index contributed by atoms with van der Waals surface area (Å²) < 4.78 is 91.6. The van der Waals surface area contributed by atoms with Crippen molar-refractivity contribution >= 4 is 34.1 Å². The maximum Gasteiger partial charge on any atom is 1.00 e. The van der Waals surface area contributed by atoms with Crippen LogP contribution in [-0.2, 0) is 60.9 Å². The quantitative estimate of drug-likeness (QED) is 0.0859. The van der Waals surface area contributed by atoms with Gasteiger partial charge in [0, 0.05) is 37.0 Å². The van der Waals surface area contributed by atoms with Crippen LogP contribution < -0.4 is 84.4 Å². The first-order valence-electron chi connectivity index (χ1n) is 27.9. The third kappa shape index (κ3) is 21.1. The van der Waals surface area contributed by atoms with Gasteiger partial charge in [-0.15, -0.1) is 12.6 Å². The first-order chi connectivity index (χ1) is 37.3. The Bertz CT molecular complexity index is 2700. The van der Waals surface area contributed by atoms with Gasteiger partial charge >= 0.3 is 214 Å². The van der Waals surface area contributed by atoms with Gasteiger partial charge in [0.2, 0.25) is 5.97 Å². The molecule has 8 saturated carbocycles. The molecule has 0 saturated heterocycles. The van der Waals surface area contributed by atoms with E-state index in [2.05, 4.69) is 180 Å². The molecule has 8 aliphatic rings. The number of hydrogen-bond donors (Lipinski definition) is 0. The minimum atomic E-state index is -3.45. The van der Waals surface area contributed by atoms with Crippen LogP contribution >= 0.6 is 0 Å². The Kier molecular flexibility index (Phi) is 27.0. The summed E-state index contributed by atoms with van der Waals surface area (Å²) in [5, 5.41) is 0. The number of Topliss-reactive ketones (excluding diaryl/α,β-unsaturated/α-hetero) is 2. The van der Waals surface area contributed by atoms with Crippen molar-refractivity contribution in [3.8, 4) is 0 Å². The molecule has 0 aliphatic heterocycles. The molecule has 12 rings (SSSR count). The van der Waals surface area contributed by atoms with Crippen LogP contribution in [0.1, 0.15) is 184 Å². The number of benzene rings is 4. The van der Waals surface area contributed by atoms with Crippen molar-refractivity contribution < 1.29 is 143 Å². The number of ketones is 2. The van der Waals surface area contributed by atoms with Crippen LogP contribution in [0.3, 0.4) is 0 Å². The van der Waals surface area contributed by atoms with Crippen LogP contribution in [0, 0.1) is 56.2 Å². The summed E-state index contributed by atoms with van der Waals surface area (Å²) in [5.41, 5.74) is 5.05. The van der Waals surface area contributed by atoms with Gasteiger partial charge in [-0.1, -0.05) is 73.2 Å². The van der Waals surface area contributed by atoms with Crippen molar-refractivity contribution in [3.05, 3.63) is 140 Å². The van der Waals surface area contributed by atoms with Crippen molar-refractivity contribution in [3.63, 3.8) is 0 Å². The van der Waals surface area contributed by atoms with Gasteiger partial charge in [-0.2, -0.15) is 8.78 Å². The molecule has 8 bridgehead atoms. The van der Waals surface area contributed by atoms with Gasteiger partial charge in [0.15, 0.2) is 7.14 Å². The summed E-state index contributed by atoms with van der Waals surface area (Å²) in [5.74, 6) is -5.49. The zero-order valence-electron chi connectivity index (χ0n) is 50.5. The zero-order valence-corrected chi connectivity index (χ0v) is 58.4. The van der Waals surface area contributed by atoms with E-state index < -0.39 is 46.1 Å². The van der Waals surface area contributed by atoms with Gasteiger partial charge < -0.3 is 30.7 Å². The van der Waals surface area contributed by atoms with E-state index in [-0.39, 0.29) is 149 Å². The molecule has 4 aromatic rings. The number of carbonyl (C=O) groups is 4. The third-order valence-corrected chi connectivity index (χ3v) is 21.7. The summed E-state index contributed by atoms with van der Waals surface area (Å²) in [6.45, 7) is 27.8. The molecule has 0 spiro atoms. The summed E-state index contributed by atoms with van der Waals surface area (Å²) in [6.07, 6.45) is 4.15. The van der Waals surface area contributed by atoms with Gasteiger partial charge in [0.1, 0.15) is 22.8 Å². The van der Waals surface area contributed by atoms with Gasteiger partial charge in [-0.25, -0.2) is 4.79 Å². The second-order valence-electron chi connectivity index (χ2n) is 27.2. The molecule has 84 heavy (non-hydrogen) atoms. The summed E-state index contributed by atoms with van der Waals surface area (Å²) in [4.78, 5) is 46.1. The van der Waals surface area contributed by atoms with Gasteiger partial charge in [0.25, 0.3) is 0 Å².